The summed E-state index contributed by atoms with van der Waals surface area (Å²) >= 11 is 0. The van der Waals surface area contributed by atoms with Crippen molar-refractivity contribution < 1.29 is 14.3 Å². The number of ether oxygens (including phenoxy) is 2. The number of hydrogen-bond donors (Lipinski definition) is 2. The molecule has 0 spiro atoms. The van der Waals surface area contributed by atoms with Gasteiger partial charge in [-0.25, -0.2) is 15.6 Å². The summed E-state index contributed by atoms with van der Waals surface area (Å²) < 4.78 is 11.7. The Bertz CT molecular complexity index is 867. The maximum Gasteiger partial charge on any atom is 0.409 e. The van der Waals surface area contributed by atoms with Gasteiger partial charge in [0.2, 0.25) is 0 Å². The van der Waals surface area contributed by atoms with Crippen LogP contribution in [-0.4, -0.2) is 54.3 Å². The number of amides is 1. The Hall–Kier alpha value is -2.48. The van der Waals surface area contributed by atoms with Gasteiger partial charge in [0.25, 0.3) is 0 Å². The van der Waals surface area contributed by atoms with Crippen LogP contribution in [0, 0.1) is 24.7 Å². The van der Waals surface area contributed by atoms with Crippen molar-refractivity contribution >= 4 is 11.8 Å². The van der Waals surface area contributed by atoms with Gasteiger partial charge in [0.1, 0.15) is 12.4 Å². The van der Waals surface area contributed by atoms with Crippen molar-refractivity contribution in [1.29, 1.82) is 0 Å². The van der Waals surface area contributed by atoms with E-state index in [9.17, 15) is 4.79 Å². The standard InChI is InChI=1S/C24H37N5O3/c1-15-22(32-19-8-7-17-11-18(17)12-19)10-9-20(27-15)23(25)21(29(3)26)14-31-24(30)28(2)13-16-5-4-6-16/h9-10,16-19H,4-8,11-14,25-26H2,1-3H3/b23-21-. The second-order valence-electron chi connectivity index (χ2n) is 9.79. The zero-order valence-corrected chi connectivity index (χ0v) is 19.5. The van der Waals surface area contributed by atoms with Crippen molar-refractivity contribution in [1.82, 2.24) is 14.9 Å². The molecule has 3 unspecified atom stereocenters. The summed E-state index contributed by atoms with van der Waals surface area (Å²) in [5, 5.41) is 1.38. The van der Waals surface area contributed by atoms with Crippen LogP contribution in [0.5, 0.6) is 5.75 Å². The highest BCUT2D eigenvalue weighted by Crippen LogP contribution is 2.50. The molecule has 3 aliphatic carbocycles. The number of rotatable bonds is 8. The molecule has 1 amide bonds. The molecular weight excluding hydrogens is 406 g/mol. The Kier molecular flexibility index (Phi) is 6.79. The van der Waals surface area contributed by atoms with Gasteiger partial charge >= 0.3 is 6.09 Å². The highest BCUT2D eigenvalue weighted by molar-refractivity contribution is 5.68. The van der Waals surface area contributed by atoms with E-state index in [0.29, 0.717) is 23.0 Å². The molecule has 1 aromatic heterocycles. The van der Waals surface area contributed by atoms with E-state index < -0.39 is 0 Å². The summed E-state index contributed by atoms with van der Waals surface area (Å²) in [5.74, 6) is 9.18. The number of likely N-dealkylation sites (N-methyl/N-ethyl adjacent to an activating group) is 1. The maximum absolute atomic E-state index is 12.4. The van der Waals surface area contributed by atoms with E-state index >= 15 is 0 Å². The van der Waals surface area contributed by atoms with E-state index in [2.05, 4.69) is 4.98 Å². The van der Waals surface area contributed by atoms with Gasteiger partial charge in [0.05, 0.1) is 28.9 Å². The SMILES string of the molecule is Cc1nc(/C(N)=C(\COC(=O)N(C)CC2CCC2)N(C)N)ccc1OC1CCC2CC2C1. The lowest BCUT2D eigenvalue weighted by Crippen LogP contribution is -2.37. The lowest BCUT2D eigenvalue weighted by molar-refractivity contribution is 0.101. The fraction of sp³-hybridized carbons (Fsp3) is 0.667. The van der Waals surface area contributed by atoms with Gasteiger partial charge in [0.15, 0.2) is 0 Å². The molecule has 1 aromatic rings. The molecule has 8 heteroatoms. The quantitative estimate of drug-likeness (QED) is 0.469. The summed E-state index contributed by atoms with van der Waals surface area (Å²) in [6.07, 6.45) is 8.41. The Morgan fingerprint density at radius 2 is 1.94 bits per heavy atom. The average molecular weight is 444 g/mol. The van der Waals surface area contributed by atoms with E-state index in [1.807, 2.05) is 19.1 Å². The molecule has 0 bridgehead atoms. The lowest BCUT2D eigenvalue weighted by atomic mass is 9.85. The number of aromatic nitrogens is 1. The van der Waals surface area contributed by atoms with Crippen molar-refractivity contribution in [2.24, 2.45) is 29.3 Å². The number of carbonyl (C=O) groups excluding carboxylic acids is 1. The van der Waals surface area contributed by atoms with E-state index in [4.69, 9.17) is 21.1 Å². The van der Waals surface area contributed by atoms with Gasteiger partial charge in [0, 0.05) is 20.6 Å². The van der Waals surface area contributed by atoms with Gasteiger partial charge in [-0.3, -0.25) is 0 Å². The van der Waals surface area contributed by atoms with Crippen LogP contribution in [0.25, 0.3) is 5.70 Å². The molecule has 0 aliphatic heterocycles. The van der Waals surface area contributed by atoms with E-state index in [1.165, 1.54) is 37.1 Å². The van der Waals surface area contributed by atoms with Gasteiger partial charge in [-0.05, 0) is 75.3 Å². The third-order valence-corrected chi connectivity index (χ3v) is 7.24. The highest BCUT2D eigenvalue weighted by Gasteiger charge is 2.42. The first kappa shape index (κ1) is 22.7. The summed E-state index contributed by atoms with van der Waals surface area (Å²) in [6.45, 7) is 2.63. The Balaban J connectivity index is 1.39. The van der Waals surface area contributed by atoms with E-state index in [-0.39, 0.29) is 18.8 Å². The summed E-state index contributed by atoms with van der Waals surface area (Å²) in [6, 6.07) is 3.77. The third-order valence-electron chi connectivity index (χ3n) is 7.24. The molecular formula is C24H37N5O3. The molecule has 3 aliphatic rings. The molecule has 0 radical (unpaired) electrons. The number of aryl methyl sites for hydroxylation is 1. The Morgan fingerprint density at radius 3 is 2.56 bits per heavy atom. The molecule has 0 saturated heterocycles. The van der Waals surface area contributed by atoms with Crippen molar-refractivity contribution in [3.63, 3.8) is 0 Å². The normalized spacial score (nSPS) is 25.2. The Morgan fingerprint density at radius 1 is 1.16 bits per heavy atom. The first-order chi connectivity index (χ1) is 15.3. The topological polar surface area (TPSA) is 107 Å². The predicted octanol–water partition coefficient (Wildman–Crippen LogP) is 3.26. The second kappa shape index (κ2) is 9.57. The molecule has 8 nitrogen and oxygen atoms in total. The van der Waals surface area contributed by atoms with Crippen LogP contribution in [-0.2, 0) is 4.74 Å². The average Bonchev–Trinajstić information content (AvgIpc) is 3.50. The van der Waals surface area contributed by atoms with Crippen molar-refractivity contribution in [3.05, 3.63) is 29.2 Å². The largest absolute Gasteiger partial charge is 0.489 e. The third kappa shape index (κ3) is 5.28. The van der Waals surface area contributed by atoms with E-state index in [1.54, 1.807) is 19.0 Å². The molecule has 3 fully saturated rings. The Labute approximate surface area is 190 Å². The highest BCUT2D eigenvalue weighted by atomic mass is 16.6. The van der Waals surface area contributed by atoms with E-state index in [0.717, 1.165) is 42.7 Å². The lowest BCUT2D eigenvalue weighted by Gasteiger charge is -2.30. The first-order valence-electron chi connectivity index (χ1n) is 11.8. The second-order valence-corrected chi connectivity index (χ2v) is 9.79. The zero-order valence-electron chi connectivity index (χ0n) is 19.5. The van der Waals surface area contributed by atoms with Gasteiger partial charge in [-0.15, -0.1) is 0 Å². The number of pyridine rings is 1. The molecule has 1 heterocycles. The van der Waals surface area contributed by atoms with Crippen LogP contribution in [0.1, 0.15) is 56.3 Å². The smallest absolute Gasteiger partial charge is 0.409 e. The van der Waals surface area contributed by atoms with Crippen molar-refractivity contribution in [3.8, 4) is 5.75 Å². The molecule has 3 saturated carbocycles. The predicted molar refractivity (Wildman–Crippen MR) is 123 cm³/mol. The molecule has 0 aromatic carbocycles. The number of nitrogens with zero attached hydrogens (tertiary/aromatic N) is 3. The van der Waals surface area contributed by atoms with Crippen LogP contribution in [0.15, 0.2) is 17.8 Å². The molecule has 32 heavy (non-hydrogen) atoms. The van der Waals surface area contributed by atoms with Gasteiger partial charge in [-0.1, -0.05) is 6.42 Å². The van der Waals surface area contributed by atoms with Crippen LogP contribution >= 0.6 is 0 Å². The summed E-state index contributed by atoms with van der Waals surface area (Å²) in [4.78, 5) is 18.6. The minimum atomic E-state index is -0.373. The number of nitrogens with two attached hydrogens (primary N) is 2. The van der Waals surface area contributed by atoms with Crippen LogP contribution < -0.4 is 16.3 Å². The van der Waals surface area contributed by atoms with Crippen LogP contribution in [0.4, 0.5) is 4.79 Å². The van der Waals surface area contributed by atoms with Crippen LogP contribution in [0.2, 0.25) is 0 Å². The van der Waals surface area contributed by atoms with Gasteiger partial charge < -0.3 is 25.1 Å². The number of hydrogen-bond acceptors (Lipinski definition) is 7. The van der Waals surface area contributed by atoms with Crippen molar-refractivity contribution in [2.75, 3.05) is 27.2 Å². The van der Waals surface area contributed by atoms with Crippen molar-refractivity contribution in [2.45, 2.75) is 58.0 Å². The molecule has 176 valence electrons. The molecule has 4 rings (SSSR count). The molecule has 4 N–H and O–H groups in total. The number of carbonyl (C=O) groups is 1. The maximum atomic E-state index is 12.4. The van der Waals surface area contributed by atoms with Gasteiger partial charge in [-0.2, -0.15) is 0 Å². The minimum Gasteiger partial charge on any atom is -0.489 e. The molecule has 3 atom stereocenters. The summed E-state index contributed by atoms with van der Waals surface area (Å²) in [5.41, 5.74) is 8.66. The first-order valence-corrected chi connectivity index (χ1v) is 11.8. The monoisotopic (exact) mass is 443 g/mol. The fourth-order valence-electron chi connectivity index (χ4n) is 4.81. The minimum absolute atomic E-state index is 0.0176. The summed E-state index contributed by atoms with van der Waals surface area (Å²) in [7, 11) is 3.44. The van der Waals surface area contributed by atoms with Crippen LogP contribution in [0.3, 0.4) is 0 Å². The number of fused-ring (bicyclic) bond motifs is 1. The zero-order chi connectivity index (χ0) is 22.8. The fourth-order valence-corrected chi connectivity index (χ4v) is 4.81. The number of hydrazine groups is 1.